The zero-order valence-corrected chi connectivity index (χ0v) is 10.6. The number of hydrogen-bond acceptors (Lipinski definition) is 2. The topological polar surface area (TPSA) is 55.1 Å². The third-order valence-corrected chi connectivity index (χ3v) is 2.98. The fraction of sp³-hybridized carbons (Fsp3) is 0. The minimum atomic E-state index is -0.151. The molecule has 0 aromatic heterocycles. The van der Waals surface area contributed by atoms with E-state index in [0.717, 1.165) is 10.2 Å². The number of rotatable bonds is 2. The average molecular weight is 291 g/mol. The molecule has 0 spiro atoms. The fourth-order valence-electron chi connectivity index (χ4n) is 1.41. The van der Waals surface area contributed by atoms with Gasteiger partial charge in [0.1, 0.15) is 0 Å². The van der Waals surface area contributed by atoms with Crippen LogP contribution in [0.2, 0.25) is 0 Å². The Hall–Kier alpha value is -1.81. The Bertz CT molecular complexity index is 537. The summed E-state index contributed by atoms with van der Waals surface area (Å²) < 4.78 is 0.771. The molecule has 0 radical (unpaired) electrons. The lowest BCUT2D eigenvalue weighted by molar-refractivity contribution is 0.102. The molecule has 4 heteroatoms. The van der Waals surface area contributed by atoms with Gasteiger partial charge in [-0.2, -0.15) is 0 Å². The lowest BCUT2D eigenvalue weighted by Gasteiger charge is -2.06. The van der Waals surface area contributed by atoms with Crippen molar-refractivity contribution in [3.63, 3.8) is 0 Å². The van der Waals surface area contributed by atoms with E-state index in [1.165, 1.54) is 0 Å². The second kappa shape index (κ2) is 5.01. The number of nitrogens with one attached hydrogen (secondary N) is 1. The number of carbonyl (C=O) groups is 1. The van der Waals surface area contributed by atoms with E-state index in [-0.39, 0.29) is 5.91 Å². The van der Waals surface area contributed by atoms with E-state index in [4.69, 9.17) is 5.73 Å². The Labute approximate surface area is 108 Å². The number of carbonyl (C=O) groups excluding carboxylic acids is 1. The summed E-state index contributed by atoms with van der Waals surface area (Å²) in [6.07, 6.45) is 0. The van der Waals surface area contributed by atoms with Gasteiger partial charge in [-0.1, -0.05) is 12.1 Å². The Morgan fingerprint density at radius 1 is 1.06 bits per heavy atom. The van der Waals surface area contributed by atoms with Gasteiger partial charge in [0.15, 0.2) is 0 Å². The van der Waals surface area contributed by atoms with Crippen LogP contribution in [0.25, 0.3) is 0 Å². The molecule has 86 valence electrons. The second-order valence-electron chi connectivity index (χ2n) is 3.56. The molecule has 2 aromatic rings. The third-order valence-electron chi connectivity index (χ3n) is 2.29. The molecule has 2 aromatic carbocycles. The molecule has 0 unspecified atom stereocenters. The monoisotopic (exact) mass is 290 g/mol. The maximum Gasteiger partial charge on any atom is 0.256 e. The molecule has 17 heavy (non-hydrogen) atoms. The highest BCUT2D eigenvalue weighted by Crippen LogP contribution is 2.18. The molecule has 0 heterocycles. The summed E-state index contributed by atoms with van der Waals surface area (Å²) in [6, 6.07) is 14.3. The number of anilines is 2. The number of nitrogens with two attached hydrogens (primary N) is 1. The number of benzene rings is 2. The van der Waals surface area contributed by atoms with Crippen molar-refractivity contribution in [2.24, 2.45) is 0 Å². The van der Waals surface area contributed by atoms with Crippen LogP contribution < -0.4 is 11.1 Å². The predicted octanol–water partition coefficient (Wildman–Crippen LogP) is 3.28. The van der Waals surface area contributed by atoms with Gasteiger partial charge < -0.3 is 11.1 Å². The number of nitrogen functional groups attached to an aromatic ring is 1. The Morgan fingerprint density at radius 3 is 2.35 bits per heavy atom. The highest BCUT2D eigenvalue weighted by atomic mass is 79.9. The Morgan fingerprint density at radius 2 is 1.71 bits per heavy atom. The minimum absolute atomic E-state index is 0.151. The molecule has 3 N–H and O–H groups in total. The first-order valence-electron chi connectivity index (χ1n) is 5.08. The van der Waals surface area contributed by atoms with Gasteiger partial charge in [-0.25, -0.2) is 0 Å². The summed E-state index contributed by atoms with van der Waals surface area (Å²) in [6.45, 7) is 0. The maximum atomic E-state index is 11.9. The maximum absolute atomic E-state index is 11.9. The van der Waals surface area contributed by atoms with Crippen molar-refractivity contribution in [3.8, 4) is 0 Å². The summed E-state index contributed by atoms with van der Waals surface area (Å²) in [7, 11) is 0. The summed E-state index contributed by atoms with van der Waals surface area (Å²) >= 11 is 3.34. The van der Waals surface area contributed by atoms with Gasteiger partial charge in [0.2, 0.25) is 0 Å². The molecule has 0 atom stereocenters. The van der Waals surface area contributed by atoms with E-state index in [2.05, 4.69) is 21.2 Å². The first-order valence-corrected chi connectivity index (χ1v) is 5.87. The minimum Gasteiger partial charge on any atom is -0.399 e. The fourth-order valence-corrected chi connectivity index (χ4v) is 1.88. The average Bonchev–Trinajstić information content (AvgIpc) is 2.32. The van der Waals surface area contributed by atoms with Gasteiger partial charge in [-0.05, 0) is 52.3 Å². The Kier molecular flexibility index (Phi) is 3.44. The SMILES string of the molecule is Nc1ccc(NC(=O)c2ccccc2Br)cc1. The van der Waals surface area contributed by atoms with Crippen LogP contribution in [0.3, 0.4) is 0 Å². The predicted molar refractivity (Wildman–Crippen MR) is 72.9 cm³/mol. The van der Waals surface area contributed by atoms with Gasteiger partial charge in [0.25, 0.3) is 5.91 Å². The van der Waals surface area contributed by atoms with Crippen LogP contribution in [0.5, 0.6) is 0 Å². The van der Waals surface area contributed by atoms with Crippen molar-refractivity contribution in [2.75, 3.05) is 11.1 Å². The van der Waals surface area contributed by atoms with Crippen molar-refractivity contribution in [1.82, 2.24) is 0 Å². The van der Waals surface area contributed by atoms with Gasteiger partial charge in [0.05, 0.1) is 5.56 Å². The van der Waals surface area contributed by atoms with E-state index in [9.17, 15) is 4.79 Å². The molecule has 2 rings (SSSR count). The number of amides is 1. The molecule has 1 amide bonds. The lowest BCUT2D eigenvalue weighted by atomic mass is 10.2. The van der Waals surface area contributed by atoms with E-state index in [1.54, 1.807) is 30.3 Å². The molecule has 0 saturated carbocycles. The summed E-state index contributed by atoms with van der Waals surface area (Å²) in [5.74, 6) is -0.151. The standard InChI is InChI=1S/C13H11BrN2O/c14-12-4-2-1-3-11(12)13(17)16-10-7-5-9(15)6-8-10/h1-8H,15H2,(H,16,17). The van der Waals surface area contributed by atoms with E-state index < -0.39 is 0 Å². The van der Waals surface area contributed by atoms with Gasteiger partial charge in [-0.15, -0.1) is 0 Å². The van der Waals surface area contributed by atoms with Crippen LogP contribution in [0, 0.1) is 0 Å². The van der Waals surface area contributed by atoms with Gasteiger partial charge in [0, 0.05) is 15.8 Å². The van der Waals surface area contributed by atoms with Crippen molar-refractivity contribution in [1.29, 1.82) is 0 Å². The van der Waals surface area contributed by atoms with Crippen molar-refractivity contribution in [3.05, 3.63) is 58.6 Å². The summed E-state index contributed by atoms with van der Waals surface area (Å²) in [5.41, 5.74) is 7.57. The first kappa shape index (κ1) is 11.7. The van der Waals surface area contributed by atoms with E-state index in [1.807, 2.05) is 18.2 Å². The molecule has 0 fully saturated rings. The highest BCUT2D eigenvalue weighted by Gasteiger charge is 2.08. The van der Waals surface area contributed by atoms with E-state index in [0.29, 0.717) is 11.3 Å². The summed E-state index contributed by atoms with van der Waals surface area (Å²) in [5, 5.41) is 2.80. The van der Waals surface area contributed by atoms with Crippen LogP contribution in [0.4, 0.5) is 11.4 Å². The third kappa shape index (κ3) is 2.85. The van der Waals surface area contributed by atoms with Gasteiger partial charge in [-0.3, -0.25) is 4.79 Å². The molecule has 0 aliphatic carbocycles. The quantitative estimate of drug-likeness (QED) is 0.834. The van der Waals surface area contributed by atoms with Crippen LogP contribution >= 0.6 is 15.9 Å². The largest absolute Gasteiger partial charge is 0.399 e. The van der Waals surface area contributed by atoms with Crippen molar-refractivity contribution < 1.29 is 4.79 Å². The Balaban J connectivity index is 2.17. The number of hydrogen-bond donors (Lipinski definition) is 2. The zero-order valence-electron chi connectivity index (χ0n) is 8.98. The second-order valence-corrected chi connectivity index (χ2v) is 4.41. The summed E-state index contributed by atoms with van der Waals surface area (Å²) in [4.78, 5) is 11.9. The lowest BCUT2D eigenvalue weighted by Crippen LogP contribution is -2.12. The van der Waals surface area contributed by atoms with E-state index >= 15 is 0 Å². The van der Waals surface area contributed by atoms with Crippen molar-refractivity contribution >= 4 is 33.2 Å². The first-order chi connectivity index (χ1) is 8.16. The molecule has 0 aliphatic rings. The normalized spacial score (nSPS) is 9.94. The molecule has 3 nitrogen and oxygen atoms in total. The molecule has 0 bridgehead atoms. The van der Waals surface area contributed by atoms with Crippen molar-refractivity contribution in [2.45, 2.75) is 0 Å². The molecule has 0 aliphatic heterocycles. The van der Waals surface area contributed by atoms with Crippen LogP contribution in [0.15, 0.2) is 53.0 Å². The molecular formula is C13H11BrN2O. The zero-order chi connectivity index (χ0) is 12.3. The van der Waals surface area contributed by atoms with Gasteiger partial charge >= 0.3 is 0 Å². The highest BCUT2D eigenvalue weighted by molar-refractivity contribution is 9.10. The van der Waals surface area contributed by atoms with Crippen LogP contribution in [-0.4, -0.2) is 5.91 Å². The molecule has 0 saturated heterocycles. The van der Waals surface area contributed by atoms with Crippen LogP contribution in [-0.2, 0) is 0 Å². The van der Waals surface area contributed by atoms with Crippen LogP contribution in [0.1, 0.15) is 10.4 Å². The number of halogens is 1. The smallest absolute Gasteiger partial charge is 0.256 e. The molecular weight excluding hydrogens is 280 g/mol.